The topological polar surface area (TPSA) is 25.8 Å². The van der Waals surface area contributed by atoms with Crippen LogP contribution in [-0.2, 0) is 0 Å². The Hall–Kier alpha value is -1.96. The van der Waals surface area contributed by atoms with E-state index in [9.17, 15) is 0 Å². The number of hydrogen-bond acceptors (Lipinski definition) is 2. The first-order valence-corrected chi connectivity index (χ1v) is 7.05. The smallest absolute Gasteiger partial charge is 0.0973 e. The van der Waals surface area contributed by atoms with Crippen LogP contribution in [0.5, 0.6) is 0 Å². The lowest BCUT2D eigenvalue weighted by atomic mass is 9.92. The lowest BCUT2D eigenvalue weighted by molar-refractivity contribution is 1.16. The largest absolute Gasteiger partial charge is 0.254 e. The molecule has 0 aliphatic rings. The maximum absolute atomic E-state index is 4.84. The summed E-state index contributed by atoms with van der Waals surface area (Å²) in [5.41, 5.74) is 9.73. The summed E-state index contributed by atoms with van der Waals surface area (Å²) >= 11 is 0. The van der Waals surface area contributed by atoms with E-state index in [1.807, 2.05) is 6.20 Å². The summed E-state index contributed by atoms with van der Waals surface area (Å²) < 4.78 is 0. The maximum atomic E-state index is 4.84. The highest BCUT2D eigenvalue weighted by molar-refractivity contribution is 6.08. The molecule has 0 fully saturated rings. The second-order valence-corrected chi connectivity index (χ2v) is 5.77. The average Bonchev–Trinajstić information content (AvgIpc) is 2.41. The Morgan fingerprint density at radius 1 is 0.700 bits per heavy atom. The molecule has 0 aliphatic heterocycles. The highest BCUT2D eigenvalue weighted by atomic mass is 14.8. The Balaban J connectivity index is 2.72. The van der Waals surface area contributed by atoms with Gasteiger partial charge in [-0.05, 0) is 75.4 Å². The second-order valence-electron chi connectivity index (χ2n) is 5.77. The van der Waals surface area contributed by atoms with E-state index in [1.54, 1.807) is 0 Å². The fourth-order valence-corrected chi connectivity index (χ4v) is 3.16. The zero-order chi connectivity index (χ0) is 14.6. The Morgan fingerprint density at radius 3 is 2.00 bits per heavy atom. The van der Waals surface area contributed by atoms with Crippen molar-refractivity contribution >= 4 is 21.8 Å². The van der Waals surface area contributed by atoms with Crippen LogP contribution in [0, 0.1) is 41.5 Å². The molecule has 0 saturated carbocycles. The summed E-state index contributed by atoms with van der Waals surface area (Å²) in [7, 11) is 0. The summed E-state index contributed by atoms with van der Waals surface area (Å²) in [6.45, 7) is 13.0. The van der Waals surface area contributed by atoms with Gasteiger partial charge in [-0.25, -0.2) is 0 Å². The molecule has 0 unspecified atom stereocenters. The Labute approximate surface area is 119 Å². The zero-order valence-corrected chi connectivity index (χ0v) is 13.0. The molecular formula is C18H20N2. The van der Waals surface area contributed by atoms with Gasteiger partial charge in [0, 0.05) is 22.7 Å². The van der Waals surface area contributed by atoms with Crippen molar-refractivity contribution < 1.29 is 0 Å². The highest BCUT2D eigenvalue weighted by Gasteiger charge is 2.16. The third-order valence-corrected chi connectivity index (χ3v) is 4.69. The van der Waals surface area contributed by atoms with Gasteiger partial charge in [0.2, 0.25) is 0 Å². The van der Waals surface area contributed by atoms with E-state index < -0.39 is 0 Å². The van der Waals surface area contributed by atoms with Gasteiger partial charge in [0.1, 0.15) is 0 Å². The Bertz CT molecular complexity index is 861. The Kier molecular flexibility index (Phi) is 2.79. The lowest BCUT2D eigenvalue weighted by Crippen LogP contribution is -2.00. The molecule has 3 rings (SSSR count). The third-order valence-electron chi connectivity index (χ3n) is 4.69. The average molecular weight is 264 g/mol. The minimum atomic E-state index is 1.04. The van der Waals surface area contributed by atoms with E-state index in [4.69, 9.17) is 4.98 Å². The van der Waals surface area contributed by atoms with Crippen LogP contribution in [0.25, 0.3) is 21.8 Å². The minimum Gasteiger partial charge on any atom is -0.254 e. The maximum Gasteiger partial charge on any atom is 0.0973 e. The van der Waals surface area contributed by atoms with Gasteiger partial charge < -0.3 is 0 Å². The van der Waals surface area contributed by atoms with Gasteiger partial charge in [0.25, 0.3) is 0 Å². The summed E-state index contributed by atoms with van der Waals surface area (Å²) in [6, 6.07) is 2.08. The van der Waals surface area contributed by atoms with Crippen LogP contribution in [0.15, 0.2) is 12.3 Å². The third kappa shape index (κ3) is 1.57. The van der Waals surface area contributed by atoms with Crippen LogP contribution in [-0.4, -0.2) is 9.97 Å². The number of rotatable bonds is 0. The molecule has 2 nitrogen and oxygen atoms in total. The van der Waals surface area contributed by atoms with E-state index in [-0.39, 0.29) is 0 Å². The molecule has 2 heteroatoms. The Morgan fingerprint density at radius 2 is 1.30 bits per heavy atom. The van der Waals surface area contributed by atoms with E-state index in [2.05, 4.69) is 52.6 Å². The van der Waals surface area contributed by atoms with Gasteiger partial charge in [-0.15, -0.1) is 0 Å². The molecule has 102 valence electrons. The van der Waals surface area contributed by atoms with Crippen molar-refractivity contribution in [3.05, 3.63) is 45.8 Å². The molecule has 20 heavy (non-hydrogen) atoms. The molecule has 3 aromatic rings. The number of pyridine rings is 2. The van der Waals surface area contributed by atoms with Crippen LogP contribution in [0.1, 0.15) is 33.5 Å². The summed E-state index contributed by atoms with van der Waals surface area (Å²) in [5, 5.41) is 2.53. The fourth-order valence-electron chi connectivity index (χ4n) is 3.16. The van der Waals surface area contributed by atoms with Crippen LogP contribution < -0.4 is 0 Å². The normalized spacial score (nSPS) is 11.5. The van der Waals surface area contributed by atoms with E-state index in [0.717, 1.165) is 16.7 Å². The van der Waals surface area contributed by atoms with Crippen LogP contribution in [0.4, 0.5) is 0 Å². The monoisotopic (exact) mass is 264 g/mol. The van der Waals surface area contributed by atoms with Crippen LogP contribution in [0.3, 0.4) is 0 Å². The standard InChI is InChI=1S/C18H20N2/c1-9-7-8-19-17-15(9)12(4)13(5)16-11(3)10(2)14(6)20-18(16)17/h7-8H,1-6H3. The first kappa shape index (κ1) is 13.0. The molecule has 0 atom stereocenters. The SMILES string of the molecule is Cc1nc2c(c(C)c1C)c(C)c(C)c1c(C)ccnc12. The number of aromatic nitrogens is 2. The van der Waals surface area contributed by atoms with Crippen molar-refractivity contribution in [2.45, 2.75) is 41.5 Å². The molecule has 0 aliphatic carbocycles. The van der Waals surface area contributed by atoms with Crippen molar-refractivity contribution in [3.8, 4) is 0 Å². The summed E-state index contributed by atoms with van der Waals surface area (Å²) in [4.78, 5) is 9.47. The van der Waals surface area contributed by atoms with Gasteiger partial charge in [-0.3, -0.25) is 9.97 Å². The fraction of sp³-hybridized carbons (Fsp3) is 0.333. The van der Waals surface area contributed by atoms with E-state index >= 15 is 0 Å². The zero-order valence-electron chi connectivity index (χ0n) is 13.0. The van der Waals surface area contributed by atoms with Crippen molar-refractivity contribution in [3.63, 3.8) is 0 Å². The molecule has 2 aromatic heterocycles. The molecule has 0 radical (unpaired) electrons. The second kappa shape index (κ2) is 4.27. The summed E-state index contributed by atoms with van der Waals surface area (Å²) in [6.07, 6.45) is 1.89. The van der Waals surface area contributed by atoms with Gasteiger partial charge in [0.15, 0.2) is 0 Å². The first-order valence-electron chi connectivity index (χ1n) is 7.05. The van der Waals surface area contributed by atoms with Crippen molar-refractivity contribution in [1.82, 2.24) is 9.97 Å². The molecule has 1 aromatic carbocycles. The van der Waals surface area contributed by atoms with Crippen molar-refractivity contribution in [2.75, 3.05) is 0 Å². The van der Waals surface area contributed by atoms with Gasteiger partial charge >= 0.3 is 0 Å². The van der Waals surface area contributed by atoms with Crippen molar-refractivity contribution in [1.29, 1.82) is 0 Å². The molecule has 0 spiro atoms. The van der Waals surface area contributed by atoms with Gasteiger partial charge in [-0.2, -0.15) is 0 Å². The molecule has 0 N–H and O–H groups in total. The number of aryl methyl sites for hydroxylation is 5. The lowest BCUT2D eigenvalue weighted by Gasteiger charge is -2.16. The number of nitrogens with zero attached hydrogens (tertiary/aromatic N) is 2. The van der Waals surface area contributed by atoms with Gasteiger partial charge in [-0.1, -0.05) is 0 Å². The molecule has 2 heterocycles. The quantitative estimate of drug-likeness (QED) is 0.553. The highest BCUT2D eigenvalue weighted by Crippen LogP contribution is 2.34. The number of benzene rings is 1. The number of hydrogen-bond donors (Lipinski definition) is 0. The van der Waals surface area contributed by atoms with E-state index in [1.165, 1.54) is 38.6 Å². The molecule has 0 saturated heterocycles. The predicted molar refractivity (Wildman–Crippen MR) is 85.5 cm³/mol. The molecule has 0 bridgehead atoms. The van der Waals surface area contributed by atoms with Crippen LogP contribution >= 0.6 is 0 Å². The predicted octanol–water partition coefficient (Wildman–Crippen LogP) is 4.63. The minimum absolute atomic E-state index is 1.04. The van der Waals surface area contributed by atoms with Gasteiger partial charge in [0.05, 0.1) is 11.0 Å². The first-order chi connectivity index (χ1) is 9.43. The molecule has 0 amide bonds. The molecular weight excluding hydrogens is 244 g/mol. The van der Waals surface area contributed by atoms with Crippen molar-refractivity contribution in [2.24, 2.45) is 0 Å². The summed E-state index contributed by atoms with van der Waals surface area (Å²) in [5.74, 6) is 0. The van der Waals surface area contributed by atoms with E-state index in [0.29, 0.717) is 0 Å². The number of fused-ring (bicyclic) bond motifs is 3. The van der Waals surface area contributed by atoms with Crippen LogP contribution in [0.2, 0.25) is 0 Å².